The summed E-state index contributed by atoms with van der Waals surface area (Å²) in [6, 6.07) is 3.42. The van der Waals surface area contributed by atoms with Gasteiger partial charge in [0.2, 0.25) is 0 Å². The molecule has 0 spiro atoms. The van der Waals surface area contributed by atoms with E-state index in [1.807, 2.05) is 6.92 Å². The molecule has 19 heavy (non-hydrogen) atoms. The standard InChI is InChI=1S/C14H20N2O3/c1-11(2)10-19-8-7-15-9-13-12(14(17)18-3)5-4-6-16-13/h4-6,15H,1,7-10H2,2-3H3. The molecule has 0 fully saturated rings. The van der Waals surface area contributed by atoms with Gasteiger partial charge in [0.1, 0.15) is 0 Å². The molecule has 1 aromatic heterocycles. The van der Waals surface area contributed by atoms with Gasteiger partial charge in [-0.15, -0.1) is 0 Å². The van der Waals surface area contributed by atoms with Crippen molar-refractivity contribution < 1.29 is 14.3 Å². The summed E-state index contributed by atoms with van der Waals surface area (Å²) in [4.78, 5) is 15.7. The van der Waals surface area contributed by atoms with Gasteiger partial charge in [0.25, 0.3) is 0 Å². The number of carbonyl (C=O) groups is 1. The van der Waals surface area contributed by atoms with Crippen molar-refractivity contribution in [1.82, 2.24) is 10.3 Å². The van der Waals surface area contributed by atoms with Crippen LogP contribution in [0.4, 0.5) is 0 Å². The molecule has 0 bridgehead atoms. The zero-order chi connectivity index (χ0) is 14.1. The van der Waals surface area contributed by atoms with Crippen LogP contribution in [0, 0.1) is 0 Å². The molecule has 0 aliphatic heterocycles. The van der Waals surface area contributed by atoms with Crippen LogP contribution in [0.15, 0.2) is 30.5 Å². The zero-order valence-corrected chi connectivity index (χ0v) is 11.4. The Hall–Kier alpha value is -1.72. The molecule has 0 aromatic carbocycles. The summed E-state index contributed by atoms with van der Waals surface area (Å²) in [5, 5.41) is 3.17. The van der Waals surface area contributed by atoms with Crippen LogP contribution in [0.2, 0.25) is 0 Å². The van der Waals surface area contributed by atoms with E-state index in [0.717, 1.165) is 5.57 Å². The highest BCUT2D eigenvalue weighted by Crippen LogP contribution is 2.06. The molecule has 0 saturated carbocycles. The van der Waals surface area contributed by atoms with E-state index in [-0.39, 0.29) is 5.97 Å². The van der Waals surface area contributed by atoms with Gasteiger partial charge in [-0.25, -0.2) is 4.79 Å². The van der Waals surface area contributed by atoms with E-state index in [1.165, 1.54) is 7.11 Å². The van der Waals surface area contributed by atoms with Crippen molar-refractivity contribution in [2.24, 2.45) is 0 Å². The molecule has 5 nitrogen and oxygen atoms in total. The van der Waals surface area contributed by atoms with Gasteiger partial charge in [-0.2, -0.15) is 0 Å². The Labute approximate surface area is 113 Å². The van der Waals surface area contributed by atoms with Crippen LogP contribution in [0.5, 0.6) is 0 Å². The van der Waals surface area contributed by atoms with Crippen molar-refractivity contribution in [3.05, 3.63) is 41.7 Å². The van der Waals surface area contributed by atoms with Crippen LogP contribution >= 0.6 is 0 Å². The number of esters is 1. The Morgan fingerprint density at radius 3 is 3.00 bits per heavy atom. The average molecular weight is 264 g/mol. The lowest BCUT2D eigenvalue weighted by Crippen LogP contribution is -2.22. The predicted molar refractivity (Wildman–Crippen MR) is 72.9 cm³/mol. The molecule has 0 aliphatic rings. The van der Waals surface area contributed by atoms with Crippen LogP contribution in [0.1, 0.15) is 23.0 Å². The highest BCUT2D eigenvalue weighted by Gasteiger charge is 2.11. The minimum Gasteiger partial charge on any atom is -0.465 e. The maximum absolute atomic E-state index is 11.5. The largest absolute Gasteiger partial charge is 0.465 e. The van der Waals surface area contributed by atoms with E-state index >= 15 is 0 Å². The van der Waals surface area contributed by atoms with E-state index in [2.05, 4.69) is 16.9 Å². The number of pyridine rings is 1. The number of carbonyl (C=O) groups excluding carboxylic acids is 1. The number of aromatic nitrogens is 1. The molecule has 1 rings (SSSR count). The monoisotopic (exact) mass is 264 g/mol. The highest BCUT2D eigenvalue weighted by atomic mass is 16.5. The summed E-state index contributed by atoms with van der Waals surface area (Å²) in [7, 11) is 1.36. The van der Waals surface area contributed by atoms with Crippen LogP contribution in [0.3, 0.4) is 0 Å². The second kappa shape index (κ2) is 8.39. The van der Waals surface area contributed by atoms with Crippen LogP contribution in [0.25, 0.3) is 0 Å². The molecule has 5 heteroatoms. The van der Waals surface area contributed by atoms with E-state index in [4.69, 9.17) is 9.47 Å². The van der Waals surface area contributed by atoms with Gasteiger partial charge in [0.15, 0.2) is 0 Å². The molecule has 0 saturated heterocycles. The second-order valence-corrected chi connectivity index (χ2v) is 4.18. The van der Waals surface area contributed by atoms with E-state index in [1.54, 1.807) is 18.3 Å². The molecule has 0 atom stereocenters. The van der Waals surface area contributed by atoms with Gasteiger partial charge in [0, 0.05) is 19.3 Å². The molecule has 1 aromatic rings. The average Bonchev–Trinajstić information content (AvgIpc) is 2.42. The fourth-order valence-electron chi connectivity index (χ4n) is 1.47. The topological polar surface area (TPSA) is 60.5 Å². The first-order valence-electron chi connectivity index (χ1n) is 6.10. The third-order valence-corrected chi connectivity index (χ3v) is 2.36. The van der Waals surface area contributed by atoms with Gasteiger partial charge >= 0.3 is 5.97 Å². The van der Waals surface area contributed by atoms with Gasteiger partial charge in [-0.1, -0.05) is 12.2 Å². The molecule has 1 heterocycles. The Morgan fingerprint density at radius 1 is 1.53 bits per heavy atom. The fraction of sp³-hybridized carbons (Fsp3) is 0.429. The van der Waals surface area contributed by atoms with Crippen molar-refractivity contribution in [2.45, 2.75) is 13.5 Å². The summed E-state index contributed by atoms with van der Waals surface area (Å²) in [5.74, 6) is -0.372. The van der Waals surface area contributed by atoms with Gasteiger partial charge in [0.05, 0.1) is 31.6 Å². The number of nitrogens with one attached hydrogen (secondary N) is 1. The molecular formula is C14H20N2O3. The lowest BCUT2D eigenvalue weighted by atomic mass is 10.2. The van der Waals surface area contributed by atoms with Gasteiger partial charge in [-0.3, -0.25) is 4.98 Å². The normalized spacial score (nSPS) is 10.2. The summed E-state index contributed by atoms with van der Waals surface area (Å²) in [6.07, 6.45) is 1.65. The van der Waals surface area contributed by atoms with Crippen molar-refractivity contribution in [1.29, 1.82) is 0 Å². The fourth-order valence-corrected chi connectivity index (χ4v) is 1.47. The van der Waals surface area contributed by atoms with Crippen LogP contribution in [-0.4, -0.2) is 37.8 Å². The van der Waals surface area contributed by atoms with E-state index in [0.29, 0.717) is 37.6 Å². The maximum atomic E-state index is 11.5. The maximum Gasteiger partial charge on any atom is 0.339 e. The van der Waals surface area contributed by atoms with Crippen LogP contribution < -0.4 is 5.32 Å². The number of methoxy groups -OCH3 is 1. The second-order valence-electron chi connectivity index (χ2n) is 4.18. The van der Waals surface area contributed by atoms with E-state index < -0.39 is 0 Å². The summed E-state index contributed by atoms with van der Waals surface area (Å²) >= 11 is 0. The summed E-state index contributed by atoms with van der Waals surface area (Å²) in [5.41, 5.74) is 2.16. The van der Waals surface area contributed by atoms with Gasteiger partial charge in [-0.05, 0) is 19.1 Å². The first kappa shape index (κ1) is 15.3. The van der Waals surface area contributed by atoms with Crippen LogP contribution in [-0.2, 0) is 16.0 Å². The molecule has 0 unspecified atom stereocenters. The Kier molecular flexibility index (Phi) is 6.78. The quantitative estimate of drug-likeness (QED) is 0.438. The summed E-state index contributed by atoms with van der Waals surface area (Å²) in [6.45, 7) is 8.02. The van der Waals surface area contributed by atoms with Crippen molar-refractivity contribution in [3.8, 4) is 0 Å². The number of ether oxygens (including phenoxy) is 2. The van der Waals surface area contributed by atoms with Crippen molar-refractivity contribution in [3.63, 3.8) is 0 Å². The minimum atomic E-state index is -0.372. The molecule has 0 radical (unpaired) electrons. The predicted octanol–water partition coefficient (Wildman–Crippen LogP) is 1.55. The Bertz CT molecular complexity index is 432. The molecular weight excluding hydrogens is 244 g/mol. The van der Waals surface area contributed by atoms with Crippen molar-refractivity contribution >= 4 is 5.97 Å². The smallest absolute Gasteiger partial charge is 0.339 e. The SMILES string of the molecule is C=C(C)COCCNCc1ncccc1C(=O)OC. The Morgan fingerprint density at radius 2 is 2.32 bits per heavy atom. The lowest BCUT2D eigenvalue weighted by molar-refractivity contribution is 0.0598. The van der Waals surface area contributed by atoms with Gasteiger partial charge < -0.3 is 14.8 Å². The number of rotatable bonds is 8. The highest BCUT2D eigenvalue weighted by molar-refractivity contribution is 5.90. The molecule has 1 N–H and O–H groups in total. The minimum absolute atomic E-state index is 0.372. The zero-order valence-electron chi connectivity index (χ0n) is 11.4. The third-order valence-electron chi connectivity index (χ3n) is 2.36. The number of nitrogens with zero attached hydrogens (tertiary/aromatic N) is 1. The lowest BCUT2D eigenvalue weighted by Gasteiger charge is -2.08. The first-order valence-corrected chi connectivity index (χ1v) is 6.10. The Balaban J connectivity index is 2.37. The number of hydrogen-bond acceptors (Lipinski definition) is 5. The first-order chi connectivity index (χ1) is 9.15. The molecule has 104 valence electrons. The molecule has 0 aliphatic carbocycles. The van der Waals surface area contributed by atoms with Crippen molar-refractivity contribution in [2.75, 3.05) is 26.9 Å². The molecule has 0 amide bonds. The van der Waals surface area contributed by atoms with E-state index in [9.17, 15) is 4.79 Å². The summed E-state index contributed by atoms with van der Waals surface area (Å²) < 4.78 is 10.1. The number of hydrogen-bond donors (Lipinski definition) is 1. The third kappa shape index (κ3) is 5.63.